The molecule has 1 fully saturated rings. The zero-order valence-corrected chi connectivity index (χ0v) is 8.16. The van der Waals surface area contributed by atoms with E-state index in [1.54, 1.807) is 0 Å². The maximum atomic E-state index is 11.6. The van der Waals surface area contributed by atoms with Crippen LogP contribution in [0.25, 0.3) is 11.2 Å². The second kappa shape index (κ2) is 3.08. The molecule has 78 valence electrons. The lowest BCUT2D eigenvalue weighted by molar-refractivity contribution is 0.898. The van der Waals surface area contributed by atoms with Crippen LogP contribution in [0.1, 0.15) is 12.8 Å². The summed E-state index contributed by atoms with van der Waals surface area (Å²) in [6, 6.07) is 0. The Morgan fingerprint density at radius 2 is 2.13 bits per heavy atom. The molecule has 1 aliphatic heterocycles. The molecule has 2 N–H and O–H groups in total. The molecule has 3 rings (SSSR count). The second-order valence-corrected chi connectivity index (χ2v) is 3.68. The zero-order chi connectivity index (χ0) is 10.3. The molecule has 0 atom stereocenters. The molecule has 0 bridgehead atoms. The van der Waals surface area contributed by atoms with Crippen LogP contribution in [0.3, 0.4) is 0 Å². The van der Waals surface area contributed by atoms with Crippen LogP contribution >= 0.6 is 0 Å². The Morgan fingerprint density at radius 1 is 1.33 bits per heavy atom. The van der Waals surface area contributed by atoms with Crippen molar-refractivity contribution in [2.45, 2.75) is 12.8 Å². The fourth-order valence-electron chi connectivity index (χ4n) is 1.91. The van der Waals surface area contributed by atoms with Gasteiger partial charge in [0.15, 0.2) is 11.2 Å². The lowest BCUT2D eigenvalue weighted by Gasteiger charge is -2.14. The highest BCUT2D eigenvalue weighted by Crippen LogP contribution is 2.15. The van der Waals surface area contributed by atoms with Crippen molar-refractivity contribution in [3.05, 3.63) is 16.7 Å². The Balaban J connectivity index is 2.15. The summed E-state index contributed by atoms with van der Waals surface area (Å²) >= 11 is 0. The van der Waals surface area contributed by atoms with Crippen molar-refractivity contribution < 1.29 is 0 Å². The summed E-state index contributed by atoms with van der Waals surface area (Å²) in [6.45, 7) is 1.91. The maximum Gasteiger partial charge on any atom is 0.278 e. The molecular weight excluding hydrogens is 194 g/mol. The molecule has 6 nitrogen and oxygen atoms in total. The number of nitrogens with one attached hydrogen (secondary N) is 2. The monoisotopic (exact) mass is 205 g/mol. The minimum Gasteiger partial charge on any atom is -0.342 e. The van der Waals surface area contributed by atoms with Crippen molar-refractivity contribution in [2.24, 2.45) is 0 Å². The zero-order valence-electron chi connectivity index (χ0n) is 8.16. The summed E-state index contributed by atoms with van der Waals surface area (Å²) in [5, 5.41) is 0. The minimum atomic E-state index is -0.153. The smallest absolute Gasteiger partial charge is 0.278 e. The average molecular weight is 205 g/mol. The molecule has 1 aliphatic rings. The number of rotatable bonds is 1. The molecular formula is C9H11N5O. The topological polar surface area (TPSA) is 77.7 Å². The van der Waals surface area contributed by atoms with E-state index in [-0.39, 0.29) is 5.56 Å². The molecule has 1 saturated heterocycles. The molecule has 2 aromatic heterocycles. The molecule has 6 heteroatoms. The molecule has 0 spiro atoms. The molecule has 0 unspecified atom stereocenters. The van der Waals surface area contributed by atoms with E-state index in [4.69, 9.17) is 0 Å². The van der Waals surface area contributed by atoms with Crippen molar-refractivity contribution in [1.29, 1.82) is 0 Å². The predicted molar refractivity (Wildman–Crippen MR) is 56.0 cm³/mol. The van der Waals surface area contributed by atoms with Gasteiger partial charge in [-0.2, -0.15) is 4.98 Å². The third-order valence-corrected chi connectivity index (χ3v) is 2.69. The quantitative estimate of drug-likeness (QED) is 0.699. The van der Waals surface area contributed by atoms with Crippen LogP contribution in [0.5, 0.6) is 0 Å². The average Bonchev–Trinajstić information content (AvgIpc) is 2.88. The van der Waals surface area contributed by atoms with Gasteiger partial charge in [0, 0.05) is 13.1 Å². The number of H-pyrrole nitrogens is 2. The van der Waals surface area contributed by atoms with E-state index in [0.29, 0.717) is 17.1 Å². The van der Waals surface area contributed by atoms with Crippen molar-refractivity contribution in [3.8, 4) is 0 Å². The van der Waals surface area contributed by atoms with E-state index in [0.717, 1.165) is 25.9 Å². The van der Waals surface area contributed by atoms with Gasteiger partial charge in [0.1, 0.15) is 0 Å². The Morgan fingerprint density at radius 3 is 2.93 bits per heavy atom. The maximum absolute atomic E-state index is 11.6. The van der Waals surface area contributed by atoms with Gasteiger partial charge in [-0.3, -0.25) is 9.78 Å². The number of hydrogen-bond donors (Lipinski definition) is 2. The van der Waals surface area contributed by atoms with Crippen molar-refractivity contribution in [2.75, 3.05) is 18.0 Å². The third-order valence-electron chi connectivity index (χ3n) is 2.69. The van der Waals surface area contributed by atoms with E-state index in [1.165, 1.54) is 6.33 Å². The first-order valence-corrected chi connectivity index (χ1v) is 5.03. The lowest BCUT2D eigenvalue weighted by Crippen LogP contribution is -2.23. The van der Waals surface area contributed by atoms with Crippen LogP contribution in [0.4, 0.5) is 5.95 Å². The summed E-state index contributed by atoms with van der Waals surface area (Å²) in [6.07, 6.45) is 3.80. The Bertz CT molecular complexity index is 537. The molecule has 0 aliphatic carbocycles. The number of anilines is 1. The first kappa shape index (κ1) is 8.46. The van der Waals surface area contributed by atoms with Crippen molar-refractivity contribution >= 4 is 17.1 Å². The van der Waals surface area contributed by atoms with Crippen molar-refractivity contribution in [1.82, 2.24) is 19.9 Å². The van der Waals surface area contributed by atoms with Crippen molar-refractivity contribution in [3.63, 3.8) is 0 Å². The van der Waals surface area contributed by atoms with Gasteiger partial charge in [-0.1, -0.05) is 0 Å². The van der Waals surface area contributed by atoms with E-state index in [1.807, 2.05) is 0 Å². The Labute approximate surface area is 85.4 Å². The third kappa shape index (κ3) is 1.29. The minimum absolute atomic E-state index is 0.153. The van der Waals surface area contributed by atoms with Crippen LogP contribution in [0.2, 0.25) is 0 Å². The number of hydrogen-bond acceptors (Lipinski definition) is 4. The predicted octanol–water partition coefficient (Wildman–Crippen LogP) is 0.246. The van der Waals surface area contributed by atoms with E-state index in [2.05, 4.69) is 24.8 Å². The SMILES string of the molecule is O=c1[nH]c(N2CCCC2)nc2nc[nH]c12. The normalized spacial score (nSPS) is 16.4. The van der Waals surface area contributed by atoms with Gasteiger partial charge >= 0.3 is 0 Å². The first-order valence-electron chi connectivity index (χ1n) is 5.03. The largest absolute Gasteiger partial charge is 0.342 e. The number of imidazole rings is 1. The molecule has 0 saturated carbocycles. The molecule has 2 aromatic rings. The summed E-state index contributed by atoms with van der Waals surface area (Å²) in [5.41, 5.74) is 0.776. The Kier molecular flexibility index (Phi) is 1.74. The number of nitrogens with zero attached hydrogens (tertiary/aromatic N) is 3. The van der Waals surface area contributed by atoms with Gasteiger partial charge in [-0.15, -0.1) is 0 Å². The van der Waals surface area contributed by atoms with Gasteiger partial charge in [-0.25, -0.2) is 4.98 Å². The summed E-state index contributed by atoms with van der Waals surface area (Å²) in [7, 11) is 0. The van der Waals surface area contributed by atoms with Gasteiger partial charge in [0.2, 0.25) is 5.95 Å². The van der Waals surface area contributed by atoms with Gasteiger partial charge in [-0.05, 0) is 12.8 Å². The van der Waals surface area contributed by atoms with Crippen LogP contribution < -0.4 is 10.5 Å². The highest BCUT2D eigenvalue weighted by molar-refractivity contribution is 5.69. The number of fused-ring (bicyclic) bond motifs is 1. The summed E-state index contributed by atoms with van der Waals surface area (Å²) < 4.78 is 0. The standard InChI is InChI=1S/C9H11N5O/c15-8-6-7(11-5-10-6)12-9(13-8)14-3-1-2-4-14/h5H,1-4H2,(H2,10,11,12,13,15). The van der Waals surface area contributed by atoms with E-state index in [9.17, 15) is 4.79 Å². The first-order chi connectivity index (χ1) is 7.34. The highest BCUT2D eigenvalue weighted by Gasteiger charge is 2.16. The van der Waals surface area contributed by atoms with Gasteiger partial charge < -0.3 is 9.88 Å². The fourth-order valence-corrected chi connectivity index (χ4v) is 1.91. The van der Waals surface area contributed by atoms with Crippen LogP contribution in [0, 0.1) is 0 Å². The van der Waals surface area contributed by atoms with Crippen LogP contribution in [-0.4, -0.2) is 33.0 Å². The number of aromatic amines is 2. The van der Waals surface area contributed by atoms with Crippen LogP contribution in [-0.2, 0) is 0 Å². The lowest BCUT2D eigenvalue weighted by atomic mass is 10.4. The molecule has 0 radical (unpaired) electrons. The number of aromatic nitrogens is 4. The molecule has 0 amide bonds. The van der Waals surface area contributed by atoms with Gasteiger partial charge in [0.25, 0.3) is 5.56 Å². The highest BCUT2D eigenvalue weighted by atomic mass is 16.1. The van der Waals surface area contributed by atoms with Gasteiger partial charge in [0.05, 0.1) is 6.33 Å². The molecule has 0 aromatic carbocycles. The van der Waals surface area contributed by atoms with Crippen LogP contribution in [0.15, 0.2) is 11.1 Å². The summed E-state index contributed by atoms with van der Waals surface area (Å²) in [4.78, 5) is 27.5. The Hall–Kier alpha value is -1.85. The molecule has 3 heterocycles. The van der Waals surface area contributed by atoms with E-state index < -0.39 is 0 Å². The van der Waals surface area contributed by atoms with E-state index >= 15 is 0 Å². The molecule has 15 heavy (non-hydrogen) atoms. The fraction of sp³-hybridized carbons (Fsp3) is 0.444. The summed E-state index contributed by atoms with van der Waals surface area (Å²) in [5.74, 6) is 0.636. The second-order valence-electron chi connectivity index (χ2n) is 3.68.